The molecule has 0 amide bonds. The van der Waals surface area contributed by atoms with Crippen LogP contribution in [0.3, 0.4) is 0 Å². The van der Waals surface area contributed by atoms with Gasteiger partial charge in [-0.05, 0) is 94.0 Å². The van der Waals surface area contributed by atoms with Crippen LogP contribution in [0.5, 0.6) is 0 Å². The highest BCUT2D eigenvalue weighted by molar-refractivity contribution is 6.01. The van der Waals surface area contributed by atoms with E-state index in [1.54, 1.807) is 11.1 Å². The average Bonchev–Trinajstić information content (AvgIpc) is 2.93. The monoisotopic (exact) mass is 506 g/mol. The lowest BCUT2D eigenvalue weighted by Crippen LogP contribution is -2.07. The van der Waals surface area contributed by atoms with Gasteiger partial charge in [0.15, 0.2) is 0 Å². The third-order valence-electron chi connectivity index (χ3n) is 8.94. The molecule has 0 aliphatic heterocycles. The van der Waals surface area contributed by atoms with E-state index in [-0.39, 0.29) is 0 Å². The lowest BCUT2D eigenvalue weighted by atomic mass is 9.83. The van der Waals surface area contributed by atoms with Crippen LogP contribution in [-0.4, -0.2) is 0 Å². The minimum Gasteiger partial charge on any atom is -0.0654 e. The molecule has 0 saturated carbocycles. The second kappa shape index (κ2) is 13.5. The summed E-state index contributed by atoms with van der Waals surface area (Å²) in [6, 6.07) is 23.7. The second-order valence-electron chi connectivity index (χ2n) is 11.9. The van der Waals surface area contributed by atoms with Crippen molar-refractivity contribution in [3.8, 4) is 11.1 Å². The number of rotatable bonds is 13. The van der Waals surface area contributed by atoms with Crippen LogP contribution in [0.2, 0.25) is 0 Å². The molecule has 0 aliphatic carbocycles. The van der Waals surface area contributed by atoms with Gasteiger partial charge >= 0.3 is 0 Å². The number of aryl methyl sites for hydroxylation is 2. The van der Waals surface area contributed by atoms with E-state index in [9.17, 15) is 0 Å². The Labute approximate surface area is 232 Å². The first-order chi connectivity index (χ1) is 18.5. The molecular weight excluding hydrogens is 456 g/mol. The Bertz CT molecular complexity index is 1340. The fourth-order valence-corrected chi connectivity index (χ4v) is 6.47. The molecule has 0 aliphatic rings. The largest absolute Gasteiger partial charge is 0.0654 e. The normalized spacial score (nSPS) is 13.3. The van der Waals surface area contributed by atoms with Gasteiger partial charge in [0.1, 0.15) is 0 Å². The van der Waals surface area contributed by atoms with Crippen LogP contribution in [-0.2, 0) is 12.8 Å². The maximum atomic E-state index is 2.55. The van der Waals surface area contributed by atoms with Gasteiger partial charge in [-0.1, -0.05) is 139 Å². The molecule has 38 heavy (non-hydrogen) atoms. The van der Waals surface area contributed by atoms with Crippen LogP contribution in [0, 0.1) is 25.7 Å². The Morgan fingerprint density at radius 2 is 1.16 bits per heavy atom. The average molecular weight is 507 g/mol. The highest BCUT2D eigenvalue weighted by atomic mass is 14.2. The quantitative estimate of drug-likeness (QED) is 0.169. The minimum atomic E-state index is 0.750. The van der Waals surface area contributed by atoms with Crippen molar-refractivity contribution in [2.45, 2.75) is 106 Å². The molecule has 0 saturated heterocycles. The summed E-state index contributed by atoms with van der Waals surface area (Å²) >= 11 is 0. The van der Waals surface area contributed by atoms with Gasteiger partial charge in [-0.15, -0.1) is 0 Å². The van der Waals surface area contributed by atoms with Gasteiger partial charge in [0, 0.05) is 0 Å². The van der Waals surface area contributed by atoms with Crippen LogP contribution in [0.1, 0.15) is 101 Å². The van der Waals surface area contributed by atoms with Crippen LogP contribution >= 0.6 is 0 Å². The fourth-order valence-electron chi connectivity index (χ4n) is 6.47. The first-order valence-corrected chi connectivity index (χ1v) is 15.5. The molecule has 0 heterocycles. The van der Waals surface area contributed by atoms with Crippen molar-refractivity contribution in [3.63, 3.8) is 0 Å². The van der Waals surface area contributed by atoms with Crippen molar-refractivity contribution in [3.05, 3.63) is 82.9 Å². The zero-order chi connectivity index (χ0) is 27.1. The topological polar surface area (TPSA) is 0 Å². The van der Waals surface area contributed by atoms with Crippen LogP contribution in [0.15, 0.2) is 60.7 Å². The molecule has 0 radical (unpaired) electrons. The lowest BCUT2D eigenvalue weighted by molar-refractivity contribution is 0.449. The summed E-state index contributed by atoms with van der Waals surface area (Å²) in [7, 11) is 0. The van der Waals surface area contributed by atoms with E-state index in [0.717, 1.165) is 11.8 Å². The lowest BCUT2D eigenvalue weighted by Gasteiger charge is -2.21. The van der Waals surface area contributed by atoms with Crippen molar-refractivity contribution in [2.75, 3.05) is 0 Å². The second-order valence-corrected chi connectivity index (χ2v) is 11.9. The maximum absolute atomic E-state index is 2.55. The van der Waals surface area contributed by atoms with Gasteiger partial charge in [0.2, 0.25) is 0 Å². The SMILES string of the molecule is CCCCC(CC)Cc1cc(-c2ccc(C)c3ccccc23)cc2c(CC(CC)CCCC)cc(C)cc12. The highest BCUT2D eigenvalue weighted by Gasteiger charge is 2.17. The first kappa shape index (κ1) is 28.4. The van der Waals surface area contributed by atoms with Gasteiger partial charge in [0.25, 0.3) is 0 Å². The van der Waals surface area contributed by atoms with E-state index >= 15 is 0 Å². The molecule has 0 heteroatoms. The molecule has 2 unspecified atom stereocenters. The molecule has 4 rings (SSSR count). The number of hydrogen-bond acceptors (Lipinski definition) is 0. The Hall–Kier alpha value is -2.60. The third-order valence-corrected chi connectivity index (χ3v) is 8.94. The third kappa shape index (κ3) is 6.51. The summed E-state index contributed by atoms with van der Waals surface area (Å²) in [5, 5.41) is 5.74. The number of hydrogen-bond donors (Lipinski definition) is 0. The van der Waals surface area contributed by atoms with E-state index < -0.39 is 0 Å². The highest BCUT2D eigenvalue weighted by Crippen LogP contribution is 2.37. The van der Waals surface area contributed by atoms with Gasteiger partial charge in [0.05, 0.1) is 0 Å². The van der Waals surface area contributed by atoms with Crippen LogP contribution in [0.4, 0.5) is 0 Å². The van der Waals surface area contributed by atoms with Crippen molar-refractivity contribution in [2.24, 2.45) is 11.8 Å². The Morgan fingerprint density at radius 3 is 1.76 bits per heavy atom. The molecule has 4 aromatic carbocycles. The van der Waals surface area contributed by atoms with Crippen LogP contribution in [0.25, 0.3) is 32.7 Å². The number of fused-ring (bicyclic) bond motifs is 2. The van der Waals surface area contributed by atoms with E-state index in [1.807, 2.05) is 0 Å². The predicted molar refractivity (Wildman–Crippen MR) is 170 cm³/mol. The zero-order valence-corrected chi connectivity index (χ0v) is 25.0. The molecule has 202 valence electrons. The Morgan fingerprint density at radius 1 is 0.579 bits per heavy atom. The molecule has 0 bridgehead atoms. The van der Waals surface area contributed by atoms with E-state index in [1.165, 1.54) is 108 Å². The summed E-state index contributed by atoms with van der Waals surface area (Å²) < 4.78 is 0. The Kier molecular flexibility index (Phi) is 10.1. The maximum Gasteiger partial charge on any atom is -0.0103 e. The minimum absolute atomic E-state index is 0.750. The molecule has 2 atom stereocenters. The van der Waals surface area contributed by atoms with Crippen molar-refractivity contribution in [1.82, 2.24) is 0 Å². The van der Waals surface area contributed by atoms with E-state index in [0.29, 0.717) is 0 Å². The predicted octanol–water partition coefficient (Wildman–Crippen LogP) is 11.8. The molecule has 0 nitrogen and oxygen atoms in total. The zero-order valence-electron chi connectivity index (χ0n) is 25.0. The number of benzene rings is 4. The van der Waals surface area contributed by atoms with Crippen molar-refractivity contribution < 1.29 is 0 Å². The number of unbranched alkanes of at least 4 members (excludes halogenated alkanes) is 2. The molecular formula is C38H50. The van der Waals surface area contributed by atoms with Gasteiger partial charge in [-0.2, -0.15) is 0 Å². The smallest absolute Gasteiger partial charge is 0.0103 e. The van der Waals surface area contributed by atoms with Crippen molar-refractivity contribution in [1.29, 1.82) is 0 Å². The summed E-state index contributed by atoms with van der Waals surface area (Å²) in [5.41, 5.74) is 8.64. The summed E-state index contributed by atoms with van der Waals surface area (Å²) in [4.78, 5) is 0. The molecule has 0 aromatic heterocycles. The first-order valence-electron chi connectivity index (χ1n) is 15.5. The van der Waals surface area contributed by atoms with Gasteiger partial charge in [-0.3, -0.25) is 0 Å². The van der Waals surface area contributed by atoms with Gasteiger partial charge < -0.3 is 0 Å². The van der Waals surface area contributed by atoms with E-state index in [4.69, 9.17) is 0 Å². The fraction of sp³-hybridized carbons (Fsp3) is 0.474. The molecule has 0 N–H and O–H groups in total. The summed E-state index contributed by atoms with van der Waals surface area (Å²) in [5.74, 6) is 1.51. The molecule has 4 aromatic rings. The van der Waals surface area contributed by atoms with Crippen LogP contribution < -0.4 is 0 Å². The summed E-state index contributed by atoms with van der Waals surface area (Å²) in [6.07, 6.45) is 12.8. The standard InChI is InChI=1S/C38H50/c1-7-11-15-29(9-3)23-31-21-27(5)22-37-32(24-30(10-4)16-12-8-2)25-33(26-38(31)37)35-20-19-28(6)34-17-13-14-18-36(34)35/h13-14,17-22,25-26,29-30H,7-12,15-16,23-24H2,1-6H3. The molecule has 0 fully saturated rings. The molecule has 0 spiro atoms. The van der Waals surface area contributed by atoms with E-state index in [2.05, 4.69) is 102 Å². The van der Waals surface area contributed by atoms with Gasteiger partial charge in [-0.25, -0.2) is 0 Å². The summed E-state index contributed by atoms with van der Waals surface area (Å²) in [6.45, 7) is 13.9. The Balaban J connectivity index is 1.92. The van der Waals surface area contributed by atoms with Crippen molar-refractivity contribution >= 4 is 21.5 Å².